The first-order valence-electron chi connectivity index (χ1n) is 6.47. The second-order valence-electron chi connectivity index (χ2n) is 4.47. The third-order valence-corrected chi connectivity index (χ3v) is 3.08. The van der Waals surface area contributed by atoms with E-state index in [1.165, 1.54) is 0 Å². The molecule has 0 saturated heterocycles. The number of nitrogens with one attached hydrogen (secondary N) is 1. The van der Waals surface area contributed by atoms with E-state index >= 15 is 0 Å². The Morgan fingerprint density at radius 2 is 1.86 bits per heavy atom. The van der Waals surface area contributed by atoms with Crippen molar-refractivity contribution in [1.29, 1.82) is 0 Å². The highest BCUT2D eigenvalue weighted by Crippen LogP contribution is 2.16. The van der Waals surface area contributed by atoms with Crippen molar-refractivity contribution in [3.63, 3.8) is 0 Å². The summed E-state index contributed by atoms with van der Waals surface area (Å²) in [5.41, 5.74) is 2.13. The van der Waals surface area contributed by atoms with E-state index in [-0.39, 0.29) is 12.2 Å². The molecule has 0 spiro atoms. The van der Waals surface area contributed by atoms with Gasteiger partial charge in [-0.25, -0.2) is 4.98 Å². The van der Waals surface area contributed by atoms with E-state index in [2.05, 4.69) is 21.8 Å². The van der Waals surface area contributed by atoms with Crippen LogP contribution in [-0.2, 0) is 0 Å². The molecule has 0 radical (unpaired) electrons. The van der Waals surface area contributed by atoms with Gasteiger partial charge in [0.15, 0.2) is 0 Å². The van der Waals surface area contributed by atoms with Gasteiger partial charge in [0.1, 0.15) is 12.4 Å². The predicted molar refractivity (Wildman–Crippen MR) is 81.8 cm³/mol. The summed E-state index contributed by atoms with van der Waals surface area (Å²) in [6.07, 6.45) is 0. The molecule has 0 unspecified atom stereocenters. The van der Waals surface area contributed by atoms with Crippen molar-refractivity contribution in [1.82, 2.24) is 9.97 Å². The zero-order valence-electron chi connectivity index (χ0n) is 11.1. The van der Waals surface area contributed by atoms with E-state index in [0.29, 0.717) is 16.7 Å². The summed E-state index contributed by atoms with van der Waals surface area (Å²) >= 11 is 0. The van der Waals surface area contributed by atoms with Gasteiger partial charge in [-0.3, -0.25) is 4.79 Å². The Morgan fingerprint density at radius 3 is 2.62 bits per heavy atom. The normalized spacial score (nSPS) is 10.1. The van der Waals surface area contributed by atoms with Gasteiger partial charge in [-0.1, -0.05) is 36.1 Å². The second kappa shape index (κ2) is 5.61. The van der Waals surface area contributed by atoms with Crippen LogP contribution >= 0.6 is 0 Å². The smallest absolute Gasteiger partial charge is 0.259 e. The Labute approximate surface area is 121 Å². The van der Waals surface area contributed by atoms with E-state index < -0.39 is 0 Å². The molecular weight excluding hydrogens is 264 g/mol. The number of aromatic amines is 1. The molecule has 4 heteroatoms. The molecule has 2 N–H and O–H groups in total. The molecule has 0 bridgehead atoms. The monoisotopic (exact) mass is 276 g/mol. The highest BCUT2D eigenvalue weighted by atomic mass is 16.2. The number of aliphatic hydroxyl groups is 1. The van der Waals surface area contributed by atoms with Crippen LogP contribution in [-0.4, -0.2) is 21.7 Å². The van der Waals surface area contributed by atoms with E-state index in [9.17, 15) is 4.79 Å². The summed E-state index contributed by atoms with van der Waals surface area (Å²) in [4.78, 5) is 19.3. The fourth-order valence-corrected chi connectivity index (χ4v) is 2.08. The van der Waals surface area contributed by atoms with Gasteiger partial charge < -0.3 is 10.1 Å². The summed E-state index contributed by atoms with van der Waals surface area (Å²) in [7, 11) is 0. The molecule has 3 rings (SSSR count). The number of benzene rings is 2. The van der Waals surface area contributed by atoms with Crippen LogP contribution in [0.2, 0.25) is 0 Å². The van der Waals surface area contributed by atoms with E-state index in [0.717, 1.165) is 11.1 Å². The number of aliphatic hydroxyl groups excluding tert-OH is 1. The topological polar surface area (TPSA) is 66.0 Å². The van der Waals surface area contributed by atoms with E-state index in [4.69, 9.17) is 5.11 Å². The van der Waals surface area contributed by atoms with Crippen molar-refractivity contribution in [3.05, 3.63) is 64.4 Å². The molecule has 0 fully saturated rings. The average Bonchev–Trinajstić information content (AvgIpc) is 2.53. The number of aromatic nitrogens is 2. The number of hydrogen-bond acceptors (Lipinski definition) is 3. The van der Waals surface area contributed by atoms with Crippen molar-refractivity contribution in [2.75, 3.05) is 6.61 Å². The molecule has 21 heavy (non-hydrogen) atoms. The lowest BCUT2D eigenvalue weighted by Gasteiger charge is -2.03. The molecule has 0 atom stereocenters. The minimum absolute atomic E-state index is 0.153. The van der Waals surface area contributed by atoms with E-state index in [1.807, 2.05) is 42.5 Å². The van der Waals surface area contributed by atoms with Gasteiger partial charge >= 0.3 is 0 Å². The van der Waals surface area contributed by atoms with Gasteiger partial charge in [0, 0.05) is 11.1 Å². The minimum atomic E-state index is -0.165. The standard InChI is InChI=1S/C17H12N2O2/c20-11-3-4-12-7-9-13(10-8-12)16-18-15-6-2-1-5-14(15)17(21)19-16/h1-2,5-10,20H,11H2,(H,18,19,21). The summed E-state index contributed by atoms with van der Waals surface area (Å²) in [6.45, 7) is -0.165. The molecule has 1 aromatic heterocycles. The number of nitrogens with zero attached hydrogens (tertiary/aromatic N) is 1. The van der Waals surface area contributed by atoms with Crippen molar-refractivity contribution in [2.24, 2.45) is 0 Å². The quantitative estimate of drug-likeness (QED) is 0.667. The molecule has 2 aromatic carbocycles. The molecule has 4 nitrogen and oxygen atoms in total. The van der Waals surface area contributed by atoms with E-state index in [1.54, 1.807) is 6.07 Å². The van der Waals surface area contributed by atoms with Crippen molar-refractivity contribution in [2.45, 2.75) is 0 Å². The van der Waals surface area contributed by atoms with Crippen LogP contribution in [0.5, 0.6) is 0 Å². The lowest BCUT2D eigenvalue weighted by atomic mass is 10.1. The Hall–Kier alpha value is -2.90. The van der Waals surface area contributed by atoms with Crippen molar-refractivity contribution >= 4 is 10.9 Å². The van der Waals surface area contributed by atoms with Crippen LogP contribution in [0.4, 0.5) is 0 Å². The Morgan fingerprint density at radius 1 is 1.10 bits per heavy atom. The lowest BCUT2D eigenvalue weighted by Crippen LogP contribution is -2.09. The van der Waals surface area contributed by atoms with Crippen LogP contribution in [0.15, 0.2) is 53.3 Å². The summed E-state index contributed by atoms with van der Waals surface area (Å²) in [5, 5.41) is 9.24. The zero-order chi connectivity index (χ0) is 14.7. The van der Waals surface area contributed by atoms with Gasteiger partial charge in [0.2, 0.25) is 0 Å². The average molecular weight is 276 g/mol. The Bertz CT molecular complexity index is 900. The first-order valence-corrected chi connectivity index (χ1v) is 6.47. The fraction of sp³-hybridized carbons (Fsp3) is 0.0588. The third-order valence-electron chi connectivity index (χ3n) is 3.08. The number of fused-ring (bicyclic) bond motifs is 1. The van der Waals surface area contributed by atoms with Crippen molar-refractivity contribution in [3.8, 4) is 23.2 Å². The molecule has 102 valence electrons. The maximum absolute atomic E-state index is 12.0. The highest BCUT2D eigenvalue weighted by Gasteiger charge is 2.05. The number of hydrogen-bond donors (Lipinski definition) is 2. The number of H-pyrrole nitrogens is 1. The maximum Gasteiger partial charge on any atom is 0.259 e. The largest absolute Gasteiger partial charge is 0.384 e. The number of para-hydroxylation sites is 1. The molecule has 0 amide bonds. The molecule has 0 aliphatic rings. The summed E-state index contributed by atoms with van der Waals surface area (Å²) in [6, 6.07) is 14.6. The molecular formula is C17H12N2O2. The first-order chi connectivity index (χ1) is 10.3. The molecule has 0 aliphatic heterocycles. The van der Waals surface area contributed by atoms with Crippen LogP contribution in [0, 0.1) is 11.8 Å². The van der Waals surface area contributed by atoms with Crippen LogP contribution in [0.1, 0.15) is 5.56 Å². The molecule has 1 heterocycles. The van der Waals surface area contributed by atoms with Gasteiger partial charge in [0.25, 0.3) is 5.56 Å². The lowest BCUT2D eigenvalue weighted by molar-refractivity contribution is 0.350. The first kappa shape index (κ1) is 13.1. The fourth-order valence-electron chi connectivity index (χ4n) is 2.08. The second-order valence-corrected chi connectivity index (χ2v) is 4.47. The molecule has 0 aliphatic carbocycles. The third kappa shape index (κ3) is 2.69. The maximum atomic E-state index is 12.0. The van der Waals surface area contributed by atoms with Crippen molar-refractivity contribution < 1.29 is 5.11 Å². The van der Waals surface area contributed by atoms with Crippen LogP contribution in [0.3, 0.4) is 0 Å². The van der Waals surface area contributed by atoms with Crippen LogP contribution < -0.4 is 5.56 Å². The minimum Gasteiger partial charge on any atom is -0.384 e. The van der Waals surface area contributed by atoms with Gasteiger partial charge in [-0.2, -0.15) is 0 Å². The highest BCUT2D eigenvalue weighted by molar-refractivity contribution is 5.79. The molecule has 0 saturated carbocycles. The predicted octanol–water partition coefficient (Wildman–Crippen LogP) is 1.93. The van der Waals surface area contributed by atoms with Gasteiger partial charge in [0.05, 0.1) is 10.9 Å². The Kier molecular flexibility index (Phi) is 3.50. The summed E-state index contributed by atoms with van der Waals surface area (Å²) in [5.74, 6) is 5.94. The molecule has 3 aromatic rings. The zero-order valence-corrected chi connectivity index (χ0v) is 11.1. The van der Waals surface area contributed by atoms with Gasteiger partial charge in [-0.05, 0) is 24.3 Å². The summed E-state index contributed by atoms with van der Waals surface area (Å²) < 4.78 is 0. The van der Waals surface area contributed by atoms with Gasteiger partial charge in [-0.15, -0.1) is 0 Å². The van der Waals surface area contributed by atoms with Crippen LogP contribution in [0.25, 0.3) is 22.3 Å². The SMILES string of the molecule is O=c1[nH]c(-c2ccc(C#CCO)cc2)nc2ccccc12. The number of rotatable bonds is 1. The Balaban J connectivity index is 2.06.